The van der Waals surface area contributed by atoms with Gasteiger partial charge in [-0.15, -0.1) is 0 Å². The number of carboxylic acid groups (broad SMARTS) is 1. The summed E-state index contributed by atoms with van der Waals surface area (Å²) in [6.45, 7) is 0.232. The summed E-state index contributed by atoms with van der Waals surface area (Å²) in [7, 11) is 0. The third kappa shape index (κ3) is 2.02. The Kier molecular flexibility index (Phi) is 2.83. The minimum Gasteiger partial charge on any atom is -0.481 e. The van der Waals surface area contributed by atoms with Gasteiger partial charge < -0.3 is 10.0 Å². The molecule has 1 heterocycles. The molecule has 0 aromatic heterocycles. The van der Waals surface area contributed by atoms with E-state index < -0.39 is 11.9 Å². The number of carbonyl (C=O) groups is 2. The zero-order valence-electron chi connectivity index (χ0n) is 8.39. The van der Waals surface area contributed by atoms with Crippen LogP contribution in [0.5, 0.6) is 0 Å². The molecule has 1 saturated heterocycles. The first-order chi connectivity index (χ1) is 7.58. The number of carboxylic acids is 1. The fourth-order valence-electron chi connectivity index (χ4n) is 1.74. The van der Waals surface area contributed by atoms with Gasteiger partial charge in [-0.3, -0.25) is 9.59 Å². The SMILES string of the molecule is O=C(O)[C@H]1CC(=O)N(c2ccc(Cl)cc2)C1. The fraction of sp³-hybridized carbons (Fsp3) is 0.273. The van der Waals surface area contributed by atoms with E-state index in [2.05, 4.69) is 0 Å². The number of benzene rings is 1. The number of hydrogen-bond acceptors (Lipinski definition) is 2. The van der Waals surface area contributed by atoms with Crippen molar-refractivity contribution in [1.82, 2.24) is 0 Å². The number of rotatable bonds is 2. The van der Waals surface area contributed by atoms with E-state index in [0.29, 0.717) is 10.7 Å². The number of aliphatic carboxylic acids is 1. The summed E-state index contributed by atoms with van der Waals surface area (Å²) in [6, 6.07) is 6.78. The molecule has 1 atom stereocenters. The van der Waals surface area contributed by atoms with Crippen LogP contribution in [0.15, 0.2) is 24.3 Å². The van der Waals surface area contributed by atoms with Gasteiger partial charge in [0.15, 0.2) is 0 Å². The van der Waals surface area contributed by atoms with Gasteiger partial charge in [-0.05, 0) is 24.3 Å². The van der Waals surface area contributed by atoms with Crippen molar-refractivity contribution in [3.8, 4) is 0 Å². The van der Waals surface area contributed by atoms with Gasteiger partial charge in [0, 0.05) is 23.7 Å². The molecule has 1 aromatic carbocycles. The normalized spacial score (nSPS) is 20.2. The number of carbonyl (C=O) groups excluding carboxylic acids is 1. The molecule has 0 unspecified atom stereocenters. The molecule has 1 aromatic rings. The van der Waals surface area contributed by atoms with Crippen LogP contribution in [0.3, 0.4) is 0 Å². The van der Waals surface area contributed by atoms with Crippen LogP contribution in [-0.2, 0) is 9.59 Å². The first-order valence-electron chi connectivity index (χ1n) is 4.86. The van der Waals surface area contributed by atoms with Crippen LogP contribution in [0.25, 0.3) is 0 Å². The van der Waals surface area contributed by atoms with E-state index in [1.54, 1.807) is 24.3 Å². The topological polar surface area (TPSA) is 57.6 Å². The standard InChI is InChI=1S/C11H10ClNO3/c12-8-1-3-9(4-2-8)13-6-7(11(15)16)5-10(13)14/h1-4,7H,5-6H2,(H,15,16)/t7-/m0/s1. The Morgan fingerprint density at radius 2 is 2.00 bits per heavy atom. The zero-order chi connectivity index (χ0) is 11.7. The molecule has 2 rings (SSSR count). The van der Waals surface area contributed by atoms with Crippen molar-refractivity contribution in [1.29, 1.82) is 0 Å². The Hall–Kier alpha value is -1.55. The molecule has 1 aliphatic rings. The van der Waals surface area contributed by atoms with Crippen molar-refractivity contribution in [2.75, 3.05) is 11.4 Å². The highest BCUT2D eigenvalue weighted by Gasteiger charge is 2.34. The molecule has 84 valence electrons. The Balaban J connectivity index is 2.20. The summed E-state index contributed by atoms with van der Waals surface area (Å²) in [4.78, 5) is 23.9. The zero-order valence-corrected chi connectivity index (χ0v) is 9.15. The molecule has 0 aliphatic carbocycles. The predicted octanol–water partition coefficient (Wildman–Crippen LogP) is 1.78. The summed E-state index contributed by atoms with van der Waals surface area (Å²) < 4.78 is 0. The van der Waals surface area contributed by atoms with E-state index in [9.17, 15) is 9.59 Å². The van der Waals surface area contributed by atoms with E-state index in [-0.39, 0.29) is 18.9 Å². The minimum absolute atomic E-state index is 0.0674. The monoisotopic (exact) mass is 239 g/mol. The van der Waals surface area contributed by atoms with E-state index >= 15 is 0 Å². The maximum absolute atomic E-state index is 11.6. The molecule has 1 aliphatic heterocycles. The summed E-state index contributed by atoms with van der Waals surface area (Å²) >= 11 is 5.74. The smallest absolute Gasteiger partial charge is 0.308 e. The lowest BCUT2D eigenvalue weighted by Gasteiger charge is -2.15. The minimum atomic E-state index is -0.926. The molecule has 1 fully saturated rings. The highest BCUT2D eigenvalue weighted by Crippen LogP contribution is 2.26. The second-order valence-electron chi connectivity index (χ2n) is 3.72. The Labute approximate surface area is 97.4 Å². The fourth-order valence-corrected chi connectivity index (χ4v) is 1.87. The van der Waals surface area contributed by atoms with Gasteiger partial charge in [0.1, 0.15) is 0 Å². The van der Waals surface area contributed by atoms with Crippen molar-refractivity contribution < 1.29 is 14.7 Å². The van der Waals surface area contributed by atoms with Crippen LogP contribution in [0, 0.1) is 5.92 Å². The van der Waals surface area contributed by atoms with Crippen molar-refractivity contribution in [2.24, 2.45) is 5.92 Å². The third-order valence-electron chi connectivity index (χ3n) is 2.61. The molecule has 0 radical (unpaired) electrons. The number of anilines is 1. The largest absolute Gasteiger partial charge is 0.481 e. The van der Waals surface area contributed by atoms with E-state index in [0.717, 1.165) is 0 Å². The first-order valence-corrected chi connectivity index (χ1v) is 5.24. The van der Waals surface area contributed by atoms with Crippen LogP contribution in [0.2, 0.25) is 5.02 Å². The second kappa shape index (κ2) is 4.14. The van der Waals surface area contributed by atoms with E-state index in [1.807, 2.05) is 0 Å². The Bertz CT molecular complexity index is 429. The van der Waals surface area contributed by atoms with Gasteiger partial charge in [-0.1, -0.05) is 11.6 Å². The summed E-state index contributed by atoms with van der Waals surface area (Å²) in [5.41, 5.74) is 0.693. The van der Waals surface area contributed by atoms with Crippen LogP contribution in [0.1, 0.15) is 6.42 Å². The molecule has 4 nitrogen and oxygen atoms in total. The number of halogens is 1. The van der Waals surface area contributed by atoms with Crippen LogP contribution in [0.4, 0.5) is 5.69 Å². The van der Waals surface area contributed by atoms with Gasteiger partial charge in [-0.25, -0.2) is 0 Å². The third-order valence-corrected chi connectivity index (χ3v) is 2.86. The van der Waals surface area contributed by atoms with Crippen LogP contribution >= 0.6 is 11.6 Å². The lowest BCUT2D eigenvalue weighted by atomic mass is 10.1. The Morgan fingerprint density at radius 1 is 1.38 bits per heavy atom. The van der Waals surface area contributed by atoms with Gasteiger partial charge in [0.25, 0.3) is 0 Å². The molecular formula is C11H10ClNO3. The summed E-state index contributed by atoms with van der Waals surface area (Å²) in [6.07, 6.45) is 0.0674. The van der Waals surface area contributed by atoms with Crippen molar-refractivity contribution in [3.63, 3.8) is 0 Å². The molecule has 0 bridgehead atoms. The van der Waals surface area contributed by atoms with Crippen molar-refractivity contribution >= 4 is 29.2 Å². The molecule has 0 spiro atoms. The molecule has 16 heavy (non-hydrogen) atoms. The first kappa shape index (κ1) is 11.0. The van der Waals surface area contributed by atoms with E-state index in [1.165, 1.54) is 4.90 Å². The number of amides is 1. The van der Waals surface area contributed by atoms with E-state index in [4.69, 9.17) is 16.7 Å². The number of nitrogens with zero attached hydrogens (tertiary/aromatic N) is 1. The van der Waals surface area contributed by atoms with Crippen molar-refractivity contribution in [3.05, 3.63) is 29.3 Å². The molecule has 0 saturated carbocycles. The molecule has 1 N–H and O–H groups in total. The second-order valence-corrected chi connectivity index (χ2v) is 4.16. The average molecular weight is 240 g/mol. The number of hydrogen-bond donors (Lipinski definition) is 1. The lowest BCUT2D eigenvalue weighted by Crippen LogP contribution is -2.25. The predicted molar refractivity (Wildman–Crippen MR) is 59.5 cm³/mol. The van der Waals surface area contributed by atoms with Gasteiger partial charge >= 0.3 is 5.97 Å². The average Bonchev–Trinajstić information content (AvgIpc) is 2.62. The Morgan fingerprint density at radius 3 is 2.50 bits per heavy atom. The lowest BCUT2D eigenvalue weighted by molar-refractivity contribution is -0.141. The highest BCUT2D eigenvalue weighted by atomic mass is 35.5. The maximum atomic E-state index is 11.6. The molecule has 5 heteroatoms. The maximum Gasteiger partial charge on any atom is 0.308 e. The van der Waals surface area contributed by atoms with Gasteiger partial charge in [-0.2, -0.15) is 0 Å². The van der Waals surface area contributed by atoms with Gasteiger partial charge in [0.05, 0.1) is 5.92 Å². The van der Waals surface area contributed by atoms with Crippen LogP contribution in [-0.4, -0.2) is 23.5 Å². The summed E-state index contributed by atoms with van der Waals surface area (Å²) in [5, 5.41) is 9.43. The highest BCUT2D eigenvalue weighted by molar-refractivity contribution is 6.30. The van der Waals surface area contributed by atoms with Crippen LogP contribution < -0.4 is 4.90 Å². The summed E-state index contributed by atoms with van der Waals surface area (Å²) in [5.74, 6) is -1.69. The molecule has 1 amide bonds. The van der Waals surface area contributed by atoms with Gasteiger partial charge in [0.2, 0.25) is 5.91 Å². The molecular weight excluding hydrogens is 230 g/mol. The van der Waals surface area contributed by atoms with Crippen molar-refractivity contribution in [2.45, 2.75) is 6.42 Å². The quantitative estimate of drug-likeness (QED) is 0.856.